The number of hydrogen-bond donors (Lipinski definition) is 0. The molecule has 0 spiro atoms. The maximum absolute atomic E-state index is 12.6. The van der Waals surface area contributed by atoms with E-state index in [1.807, 2.05) is 29.6 Å². The Morgan fingerprint density at radius 2 is 2.27 bits per heavy atom. The van der Waals surface area contributed by atoms with Crippen LogP contribution in [-0.2, 0) is 0 Å². The summed E-state index contributed by atoms with van der Waals surface area (Å²) in [4.78, 5) is 23.4. The average molecular weight is 318 g/mol. The van der Waals surface area contributed by atoms with E-state index in [0.717, 1.165) is 36.8 Å². The fourth-order valence-electron chi connectivity index (χ4n) is 3.07. The Morgan fingerprint density at radius 3 is 2.95 bits per heavy atom. The van der Waals surface area contributed by atoms with E-state index in [1.54, 1.807) is 0 Å². The molecule has 5 nitrogen and oxygen atoms in total. The highest BCUT2D eigenvalue weighted by molar-refractivity contribution is 7.09. The predicted octanol–water partition coefficient (Wildman–Crippen LogP) is 3.25. The molecule has 1 aliphatic heterocycles. The molecule has 0 N–H and O–H groups in total. The number of nitrogens with zero attached hydrogens (tertiary/aromatic N) is 4. The molecular weight excluding hydrogens is 296 g/mol. The van der Waals surface area contributed by atoms with Gasteiger partial charge in [-0.25, -0.2) is 9.97 Å². The van der Waals surface area contributed by atoms with Crippen molar-refractivity contribution in [3.63, 3.8) is 0 Å². The van der Waals surface area contributed by atoms with Crippen LogP contribution in [0.1, 0.15) is 60.0 Å². The number of aromatic nitrogens is 3. The lowest BCUT2D eigenvalue weighted by Gasteiger charge is -2.32. The van der Waals surface area contributed by atoms with Crippen molar-refractivity contribution in [1.29, 1.82) is 0 Å². The number of thiazole rings is 1. The first-order chi connectivity index (χ1) is 10.6. The van der Waals surface area contributed by atoms with Crippen LogP contribution in [0.25, 0.3) is 0 Å². The van der Waals surface area contributed by atoms with E-state index >= 15 is 0 Å². The van der Waals surface area contributed by atoms with E-state index in [-0.39, 0.29) is 5.91 Å². The van der Waals surface area contributed by atoms with Gasteiger partial charge in [0.1, 0.15) is 11.5 Å². The molecular formula is C16H22N4OS. The first-order valence-electron chi connectivity index (χ1n) is 7.80. The van der Waals surface area contributed by atoms with E-state index in [4.69, 9.17) is 0 Å². The van der Waals surface area contributed by atoms with Crippen LogP contribution in [0.5, 0.6) is 0 Å². The third kappa shape index (κ3) is 2.92. The van der Waals surface area contributed by atoms with Crippen molar-refractivity contribution in [2.75, 3.05) is 13.1 Å². The Morgan fingerprint density at radius 1 is 1.45 bits per heavy atom. The second-order valence-corrected chi connectivity index (χ2v) is 7.19. The highest BCUT2D eigenvalue weighted by Crippen LogP contribution is 2.28. The van der Waals surface area contributed by atoms with Crippen molar-refractivity contribution in [1.82, 2.24) is 19.4 Å². The van der Waals surface area contributed by atoms with Crippen LogP contribution in [0, 0.1) is 6.92 Å². The molecule has 1 aliphatic rings. The van der Waals surface area contributed by atoms with Crippen molar-refractivity contribution in [2.24, 2.45) is 0 Å². The van der Waals surface area contributed by atoms with E-state index in [2.05, 4.69) is 28.4 Å². The molecule has 0 aromatic carbocycles. The standard InChI is InChI=1S/C16H22N4OS/c1-11(2)20-8-6-17-15(20)13-5-4-7-19(9-13)16(21)14-10-22-12(3)18-14/h6,8,10-11,13H,4-5,7,9H2,1-3H3. The van der Waals surface area contributed by atoms with Crippen molar-refractivity contribution in [3.8, 4) is 0 Å². The second-order valence-electron chi connectivity index (χ2n) is 6.13. The Hall–Kier alpha value is -1.69. The zero-order chi connectivity index (χ0) is 15.7. The topological polar surface area (TPSA) is 51.0 Å². The van der Waals surface area contributed by atoms with Crippen molar-refractivity contribution in [3.05, 3.63) is 34.3 Å². The van der Waals surface area contributed by atoms with Gasteiger partial charge < -0.3 is 9.47 Å². The summed E-state index contributed by atoms with van der Waals surface area (Å²) in [6, 6.07) is 0.393. The summed E-state index contributed by atoms with van der Waals surface area (Å²) in [6.07, 6.45) is 6.00. The van der Waals surface area contributed by atoms with E-state index in [0.29, 0.717) is 17.7 Å². The number of piperidine rings is 1. The first kappa shape index (κ1) is 15.2. The number of amides is 1. The van der Waals surface area contributed by atoms with Crippen LogP contribution < -0.4 is 0 Å². The summed E-state index contributed by atoms with van der Waals surface area (Å²) >= 11 is 1.53. The number of imidazole rings is 1. The van der Waals surface area contributed by atoms with Crippen molar-refractivity contribution >= 4 is 17.2 Å². The lowest BCUT2D eigenvalue weighted by molar-refractivity contribution is 0.0697. The van der Waals surface area contributed by atoms with E-state index < -0.39 is 0 Å². The Kier molecular flexibility index (Phi) is 4.29. The Labute approximate surface area is 135 Å². The molecule has 2 aromatic heterocycles. The molecule has 1 fully saturated rings. The number of hydrogen-bond acceptors (Lipinski definition) is 4. The van der Waals surface area contributed by atoms with Gasteiger partial charge in [-0.3, -0.25) is 4.79 Å². The van der Waals surface area contributed by atoms with Gasteiger partial charge in [-0.15, -0.1) is 11.3 Å². The molecule has 1 atom stereocenters. The number of likely N-dealkylation sites (tertiary alicyclic amines) is 1. The minimum Gasteiger partial charge on any atom is -0.337 e. The second kappa shape index (κ2) is 6.20. The van der Waals surface area contributed by atoms with Gasteiger partial charge in [-0.1, -0.05) is 0 Å². The molecule has 0 aliphatic carbocycles. The molecule has 2 aromatic rings. The van der Waals surface area contributed by atoms with E-state index in [1.165, 1.54) is 11.3 Å². The third-order valence-corrected chi connectivity index (χ3v) is 4.94. The molecule has 1 saturated heterocycles. The quantitative estimate of drug-likeness (QED) is 0.873. The van der Waals surface area contributed by atoms with Crippen molar-refractivity contribution in [2.45, 2.75) is 45.6 Å². The minimum absolute atomic E-state index is 0.0525. The predicted molar refractivity (Wildman–Crippen MR) is 87.3 cm³/mol. The molecule has 1 amide bonds. The fraction of sp³-hybridized carbons (Fsp3) is 0.562. The Balaban J connectivity index is 1.77. The molecule has 22 heavy (non-hydrogen) atoms. The van der Waals surface area contributed by atoms with Crippen LogP contribution >= 0.6 is 11.3 Å². The summed E-state index contributed by atoms with van der Waals surface area (Å²) in [5.74, 6) is 1.47. The number of carbonyl (C=O) groups excluding carboxylic acids is 1. The van der Waals surface area contributed by atoms with Gasteiger partial charge in [0.05, 0.1) is 5.01 Å². The lowest BCUT2D eigenvalue weighted by atomic mass is 9.96. The molecule has 0 radical (unpaired) electrons. The van der Waals surface area contributed by atoms with Crippen molar-refractivity contribution < 1.29 is 4.79 Å². The molecule has 3 heterocycles. The van der Waals surface area contributed by atoms with Crippen LogP contribution in [0.4, 0.5) is 0 Å². The smallest absolute Gasteiger partial charge is 0.273 e. The summed E-state index contributed by atoms with van der Waals surface area (Å²) < 4.78 is 2.21. The number of aryl methyl sites for hydroxylation is 1. The number of rotatable bonds is 3. The molecule has 0 bridgehead atoms. The first-order valence-corrected chi connectivity index (χ1v) is 8.68. The molecule has 3 rings (SSSR count). The summed E-state index contributed by atoms with van der Waals surface area (Å²) in [5, 5.41) is 2.79. The van der Waals surface area contributed by atoms with Gasteiger partial charge in [-0.05, 0) is 33.6 Å². The zero-order valence-electron chi connectivity index (χ0n) is 13.3. The van der Waals surface area contributed by atoms with E-state index in [9.17, 15) is 4.79 Å². The Bertz CT molecular complexity index is 661. The normalized spacial score (nSPS) is 18.9. The number of carbonyl (C=O) groups is 1. The third-order valence-electron chi connectivity index (χ3n) is 4.17. The highest BCUT2D eigenvalue weighted by atomic mass is 32.1. The minimum atomic E-state index is 0.0525. The highest BCUT2D eigenvalue weighted by Gasteiger charge is 2.29. The van der Waals surface area contributed by atoms with Gasteiger partial charge in [-0.2, -0.15) is 0 Å². The zero-order valence-corrected chi connectivity index (χ0v) is 14.1. The van der Waals surface area contributed by atoms with Crippen LogP contribution in [0.3, 0.4) is 0 Å². The van der Waals surface area contributed by atoms with Gasteiger partial charge in [0.25, 0.3) is 5.91 Å². The monoisotopic (exact) mass is 318 g/mol. The lowest BCUT2D eigenvalue weighted by Crippen LogP contribution is -2.40. The van der Waals surface area contributed by atoms with Crippen LogP contribution in [0.15, 0.2) is 17.8 Å². The summed E-state index contributed by atoms with van der Waals surface area (Å²) in [5.41, 5.74) is 0.579. The molecule has 0 saturated carbocycles. The fourth-order valence-corrected chi connectivity index (χ4v) is 3.66. The summed E-state index contributed by atoms with van der Waals surface area (Å²) in [7, 11) is 0. The molecule has 6 heteroatoms. The van der Waals surface area contributed by atoms with Crippen LogP contribution in [0.2, 0.25) is 0 Å². The maximum atomic E-state index is 12.6. The largest absolute Gasteiger partial charge is 0.337 e. The van der Waals surface area contributed by atoms with Gasteiger partial charge in [0.15, 0.2) is 0 Å². The van der Waals surface area contributed by atoms with Gasteiger partial charge >= 0.3 is 0 Å². The van der Waals surface area contributed by atoms with Gasteiger partial charge in [0, 0.05) is 42.8 Å². The average Bonchev–Trinajstić information content (AvgIpc) is 3.15. The SMILES string of the molecule is Cc1nc(C(=O)N2CCCC(c3nccn3C(C)C)C2)cs1. The maximum Gasteiger partial charge on any atom is 0.273 e. The molecule has 118 valence electrons. The van der Waals surface area contributed by atoms with Crippen LogP contribution in [-0.4, -0.2) is 38.4 Å². The molecule has 1 unspecified atom stereocenters. The van der Waals surface area contributed by atoms with Gasteiger partial charge in [0.2, 0.25) is 0 Å². The summed E-state index contributed by atoms with van der Waals surface area (Å²) in [6.45, 7) is 7.80.